The van der Waals surface area contributed by atoms with Crippen LogP contribution in [0.25, 0.3) is 33.5 Å². The molecular weight excluding hydrogens is 404 g/mol. The van der Waals surface area contributed by atoms with Gasteiger partial charge in [-0.15, -0.1) is 0 Å². The second-order valence-electron chi connectivity index (χ2n) is 7.04. The summed E-state index contributed by atoms with van der Waals surface area (Å²) in [6.07, 6.45) is 0.000950. The first-order valence-electron chi connectivity index (χ1n) is 9.49. The summed E-state index contributed by atoms with van der Waals surface area (Å²) in [7, 11) is -3.66. The van der Waals surface area contributed by atoms with Crippen molar-refractivity contribution in [2.75, 3.05) is 24.4 Å². The highest BCUT2D eigenvalue weighted by atomic mass is 32.2. The molecule has 1 aliphatic rings. The van der Waals surface area contributed by atoms with Crippen LogP contribution in [-0.2, 0) is 14.8 Å². The molecule has 0 saturated carbocycles. The summed E-state index contributed by atoms with van der Waals surface area (Å²) >= 11 is 0. The number of anilines is 1. The van der Waals surface area contributed by atoms with Gasteiger partial charge in [0.15, 0.2) is 5.82 Å². The summed E-state index contributed by atoms with van der Waals surface area (Å²) < 4.78 is 32.4. The molecule has 2 aromatic carbocycles. The van der Waals surface area contributed by atoms with Gasteiger partial charge in [-0.05, 0) is 29.8 Å². The molecule has 3 heterocycles. The number of aromatic nitrogens is 4. The fourth-order valence-corrected chi connectivity index (χ4v) is 4.20. The van der Waals surface area contributed by atoms with E-state index in [0.29, 0.717) is 34.7 Å². The first-order chi connectivity index (χ1) is 14.5. The number of H-pyrrole nitrogens is 2. The van der Waals surface area contributed by atoms with E-state index in [1.165, 1.54) is 0 Å². The summed E-state index contributed by atoms with van der Waals surface area (Å²) in [6.45, 7) is 5.65. The van der Waals surface area contributed by atoms with E-state index in [0.717, 1.165) is 35.1 Å². The largest absolute Gasteiger partial charge is 0.371 e. The average Bonchev–Trinajstić information content (AvgIpc) is 3.38. The third-order valence-corrected chi connectivity index (χ3v) is 6.03. The van der Waals surface area contributed by atoms with E-state index >= 15 is 0 Å². The number of morpholine rings is 1. The first kappa shape index (κ1) is 18.8. The zero-order valence-electron chi connectivity index (χ0n) is 16.0. The zero-order chi connectivity index (χ0) is 20.7. The molecule has 4 N–H and O–H groups in total. The van der Waals surface area contributed by atoms with Gasteiger partial charge in [-0.2, -0.15) is 5.10 Å². The quantitative estimate of drug-likeness (QED) is 0.390. The highest BCUT2D eigenvalue weighted by molar-refractivity contribution is 7.95. The van der Waals surface area contributed by atoms with Crippen molar-refractivity contribution in [1.82, 2.24) is 25.5 Å². The molecule has 1 unspecified atom stereocenters. The molecule has 10 heteroatoms. The van der Waals surface area contributed by atoms with Crippen LogP contribution in [0.2, 0.25) is 0 Å². The lowest BCUT2D eigenvalue weighted by atomic mass is 10.1. The number of imidazole rings is 1. The number of hydrogen-bond acceptors (Lipinski definition) is 6. The van der Waals surface area contributed by atoms with Crippen LogP contribution in [0.4, 0.5) is 5.69 Å². The molecule has 9 nitrogen and oxygen atoms in total. The van der Waals surface area contributed by atoms with Crippen molar-refractivity contribution in [1.29, 1.82) is 0 Å². The zero-order valence-corrected chi connectivity index (χ0v) is 16.8. The Labute approximate surface area is 172 Å². The molecule has 0 bridgehead atoms. The minimum absolute atomic E-state index is 0.000950. The van der Waals surface area contributed by atoms with Gasteiger partial charge in [0.05, 0.1) is 40.3 Å². The van der Waals surface area contributed by atoms with Gasteiger partial charge in [-0.3, -0.25) is 9.82 Å². The number of rotatable bonds is 5. The Hall–Kier alpha value is -3.21. The summed E-state index contributed by atoms with van der Waals surface area (Å²) in [4.78, 5) is 7.96. The number of aromatic amines is 2. The van der Waals surface area contributed by atoms with Gasteiger partial charge in [0.2, 0.25) is 0 Å². The number of hydrogen-bond donors (Lipinski definition) is 4. The summed E-state index contributed by atoms with van der Waals surface area (Å²) in [5.74, 6) is 0.543. The average molecular weight is 424 g/mol. The number of benzene rings is 2. The van der Waals surface area contributed by atoms with E-state index in [1.807, 2.05) is 24.3 Å². The number of sulfonamides is 1. The summed E-state index contributed by atoms with van der Waals surface area (Å²) in [6, 6.07) is 11.2. The van der Waals surface area contributed by atoms with Crippen molar-refractivity contribution in [2.45, 2.75) is 6.10 Å². The number of ether oxygens (including phenoxy) is 1. The Morgan fingerprint density at radius 2 is 2.13 bits per heavy atom. The van der Waals surface area contributed by atoms with Crippen LogP contribution in [0.5, 0.6) is 0 Å². The lowest BCUT2D eigenvalue weighted by molar-refractivity contribution is 0.0278. The van der Waals surface area contributed by atoms with Crippen LogP contribution in [0, 0.1) is 0 Å². The SMILES string of the molecule is C=CS(=O)(=O)Nc1cccc2[nH]nc(-c3nc4ccc(C5CNCCO5)cc4[nH]3)c12. The minimum atomic E-state index is -3.66. The molecule has 154 valence electrons. The van der Waals surface area contributed by atoms with Gasteiger partial charge in [0.25, 0.3) is 10.0 Å². The van der Waals surface area contributed by atoms with Gasteiger partial charge in [-0.25, -0.2) is 13.4 Å². The standard InChI is InChI=1S/C20H20N6O3S/c1-2-30(27,28)26-15-5-3-4-14-18(15)19(25-24-14)20-22-13-7-6-12(10-16(13)23-20)17-11-21-8-9-29-17/h2-7,10,17,21,26H,1,8-9,11H2,(H,22,23)(H,24,25). The molecule has 0 aliphatic carbocycles. The number of nitrogens with zero attached hydrogens (tertiary/aromatic N) is 2. The lowest BCUT2D eigenvalue weighted by Crippen LogP contribution is -2.33. The van der Waals surface area contributed by atoms with Crippen LogP contribution in [0.15, 0.2) is 48.4 Å². The van der Waals surface area contributed by atoms with Crippen molar-refractivity contribution >= 4 is 37.6 Å². The Balaban J connectivity index is 1.59. The smallest absolute Gasteiger partial charge is 0.254 e. The second kappa shape index (κ2) is 7.24. The van der Waals surface area contributed by atoms with E-state index in [1.54, 1.807) is 12.1 Å². The monoisotopic (exact) mass is 424 g/mol. The molecule has 1 fully saturated rings. The lowest BCUT2D eigenvalue weighted by Gasteiger charge is -2.23. The van der Waals surface area contributed by atoms with E-state index in [9.17, 15) is 8.42 Å². The summed E-state index contributed by atoms with van der Waals surface area (Å²) in [5, 5.41) is 12.1. The fourth-order valence-electron chi connectivity index (χ4n) is 3.64. The maximum atomic E-state index is 12.0. The molecule has 1 saturated heterocycles. The van der Waals surface area contributed by atoms with Gasteiger partial charge < -0.3 is 15.0 Å². The molecule has 5 rings (SSSR count). The Bertz CT molecular complexity index is 1350. The van der Waals surface area contributed by atoms with Crippen LogP contribution in [-0.4, -0.2) is 48.3 Å². The molecule has 2 aromatic heterocycles. The highest BCUT2D eigenvalue weighted by Gasteiger charge is 2.20. The second-order valence-corrected chi connectivity index (χ2v) is 8.67. The Morgan fingerprint density at radius 3 is 2.93 bits per heavy atom. The molecule has 1 aliphatic heterocycles. The molecule has 30 heavy (non-hydrogen) atoms. The van der Waals surface area contributed by atoms with E-state index < -0.39 is 10.0 Å². The molecule has 0 radical (unpaired) electrons. The molecule has 0 amide bonds. The van der Waals surface area contributed by atoms with Crippen molar-refractivity contribution in [3.63, 3.8) is 0 Å². The topological polar surface area (TPSA) is 125 Å². The van der Waals surface area contributed by atoms with Crippen LogP contribution in [0.3, 0.4) is 0 Å². The van der Waals surface area contributed by atoms with Gasteiger partial charge in [0.1, 0.15) is 5.69 Å². The molecule has 0 spiro atoms. The predicted molar refractivity (Wildman–Crippen MR) is 115 cm³/mol. The van der Waals surface area contributed by atoms with Crippen LogP contribution >= 0.6 is 0 Å². The van der Waals surface area contributed by atoms with Crippen molar-refractivity contribution in [2.24, 2.45) is 0 Å². The molecule has 1 atom stereocenters. The van der Waals surface area contributed by atoms with Gasteiger partial charge in [0, 0.05) is 18.5 Å². The molecule has 4 aromatic rings. The maximum absolute atomic E-state index is 12.0. The number of fused-ring (bicyclic) bond motifs is 2. The molecular formula is C20H20N6O3S. The maximum Gasteiger partial charge on any atom is 0.254 e. The van der Waals surface area contributed by atoms with Gasteiger partial charge >= 0.3 is 0 Å². The van der Waals surface area contributed by atoms with E-state index in [2.05, 4.69) is 36.8 Å². The summed E-state index contributed by atoms with van der Waals surface area (Å²) in [5.41, 5.74) is 4.34. The van der Waals surface area contributed by atoms with Crippen molar-refractivity contribution in [3.05, 3.63) is 53.9 Å². The van der Waals surface area contributed by atoms with Crippen molar-refractivity contribution in [3.8, 4) is 11.5 Å². The van der Waals surface area contributed by atoms with Crippen molar-refractivity contribution < 1.29 is 13.2 Å². The minimum Gasteiger partial charge on any atom is -0.371 e. The fraction of sp³-hybridized carbons (Fsp3) is 0.200. The van der Waals surface area contributed by atoms with Crippen LogP contribution in [0.1, 0.15) is 11.7 Å². The van der Waals surface area contributed by atoms with Crippen LogP contribution < -0.4 is 10.0 Å². The first-order valence-corrected chi connectivity index (χ1v) is 11.0. The Kier molecular flexibility index (Phi) is 4.54. The van der Waals surface area contributed by atoms with E-state index in [-0.39, 0.29) is 6.10 Å². The number of nitrogens with one attached hydrogen (secondary N) is 4. The third kappa shape index (κ3) is 3.34. The normalized spacial score (nSPS) is 17.4. The predicted octanol–water partition coefficient (Wildman–Crippen LogP) is 2.65. The highest BCUT2D eigenvalue weighted by Crippen LogP contribution is 2.33. The Morgan fingerprint density at radius 1 is 1.23 bits per heavy atom. The van der Waals surface area contributed by atoms with Gasteiger partial charge in [-0.1, -0.05) is 18.7 Å². The third-order valence-electron chi connectivity index (χ3n) is 5.09. The van der Waals surface area contributed by atoms with E-state index in [4.69, 9.17) is 4.74 Å².